The van der Waals surface area contributed by atoms with Gasteiger partial charge in [0.15, 0.2) is 0 Å². The third-order valence-corrected chi connectivity index (χ3v) is 2.17. The van der Waals surface area contributed by atoms with E-state index < -0.39 is 0 Å². The first kappa shape index (κ1) is 9.77. The average molecular weight is 182 g/mol. The molecule has 0 bridgehead atoms. The Bertz CT molecular complexity index is 238. The maximum absolute atomic E-state index is 11.1. The van der Waals surface area contributed by atoms with Crippen molar-refractivity contribution in [1.29, 1.82) is 0 Å². The van der Waals surface area contributed by atoms with Gasteiger partial charge in [-0.3, -0.25) is 9.59 Å². The zero-order valence-electron chi connectivity index (χ0n) is 7.75. The van der Waals surface area contributed by atoms with Gasteiger partial charge in [0.05, 0.1) is 0 Å². The summed E-state index contributed by atoms with van der Waals surface area (Å²) in [5.74, 6) is 0.223. The Labute approximate surface area is 77.6 Å². The van der Waals surface area contributed by atoms with Crippen LogP contribution >= 0.6 is 0 Å². The molecule has 2 amide bonds. The first-order valence-electron chi connectivity index (χ1n) is 4.27. The van der Waals surface area contributed by atoms with Crippen LogP contribution in [0.2, 0.25) is 0 Å². The minimum absolute atomic E-state index is 0.151. The van der Waals surface area contributed by atoms with Crippen molar-refractivity contribution in [2.45, 2.75) is 6.42 Å². The summed E-state index contributed by atoms with van der Waals surface area (Å²) in [7, 11) is 1.78. The monoisotopic (exact) mass is 182 g/mol. The fraction of sp³-hybridized carbons (Fsp3) is 0.556. The molecule has 1 heterocycles. The number of carbonyl (C=O) groups is 2. The highest BCUT2D eigenvalue weighted by atomic mass is 16.2. The van der Waals surface area contributed by atoms with E-state index in [9.17, 15) is 9.59 Å². The third-order valence-electron chi connectivity index (χ3n) is 2.17. The molecule has 0 aromatic rings. The zero-order chi connectivity index (χ0) is 9.84. The van der Waals surface area contributed by atoms with Crippen molar-refractivity contribution in [2.24, 2.45) is 5.92 Å². The van der Waals surface area contributed by atoms with Gasteiger partial charge in [0.25, 0.3) is 0 Å². The molecule has 0 aromatic carbocycles. The summed E-state index contributed by atoms with van der Waals surface area (Å²) < 4.78 is 0. The molecule has 0 aromatic heterocycles. The van der Waals surface area contributed by atoms with Gasteiger partial charge in [0, 0.05) is 32.5 Å². The van der Waals surface area contributed by atoms with E-state index >= 15 is 0 Å². The van der Waals surface area contributed by atoms with Crippen LogP contribution in [-0.2, 0) is 9.59 Å². The highest BCUT2D eigenvalue weighted by Gasteiger charge is 2.26. The Hall–Kier alpha value is -1.32. The molecule has 13 heavy (non-hydrogen) atoms. The predicted octanol–water partition coefficient (Wildman–Crippen LogP) is -0.233. The number of hydrogen-bond donors (Lipinski definition) is 1. The van der Waals surface area contributed by atoms with Gasteiger partial charge in [0.1, 0.15) is 0 Å². The minimum atomic E-state index is -0.179. The number of hydrogen-bond acceptors (Lipinski definition) is 2. The summed E-state index contributed by atoms with van der Waals surface area (Å²) in [6, 6.07) is 0. The number of nitrogens with zero attached hydrogens (tertiary/aromatic N) is 1. The fourth-order valence-electron chi connectivity index (χ4n) is 1.41. The largest absolute Gasteiger partial charge is 0.352 e. The summed E-state index contributed by atoms with van der Waals surface area (Å²) in [6.45, 7) is 4.64. The summed E-state index contributed by atoms with van der Waals surface area (Å²) >= 11 is 0. The van der Waals surface area contributed by atoms with E-state index in [2.05, 4.69) is 11.9 Å². The molecule has 1 N–H and O–H groups in total. The van der Waals surface area contributed by atoms with Crippen LogP contribution in [0.1, 0.15) is 6.42 Å². The van der Waals surface area contributed by atoms with Gasteiger partial charge in [0.2, 0.25) is 11.8 Å². The Morgan fingerprint density at radius 3 is 3.00 bits per heavy atom. The minimum Gasteiger partial charge on any atom is -0.352 e. The van der Waals surface area contributed by atoms with E-state index in [1.54, 1.807) is 11.9 Å². The van der Waals surface area contributed by atoms with E-state index in [4.69, 9.17) is 0 Å². The molecule has 1 aliphatic heterocycles. The first-order valence-corrected chi connectivity index (χ1v) is 4.27. The lowest BCUT2D eigenvalue weighted by Crippen LogP contribution is -2.29. The van der Waals surface area contributed by atoms with Crippen molar-refractivity contribution >= 4 is 11.8 Å². The SMILES string of the molecule is C=CC(=O)NCC1CC(=O)N(C)C1. The van der Waals surface area contributed by atoms with Gasteiger partial charge in [-0.15, -0.1) is 0 Å². The zero-order valence-corrected chi connectivity index (χ0v) is 7.75. The molecule has 1 saturated heterocycles. The molecule has 1 unspecified atom stereocenters. The second-order valence-corrected chi connectivity index (χ2v) is 3.29. The summed E-state index contributed by atoms with van der Waals surface area (Å²) in [5.41, 5.74) is 0. The maximum atomic E-state index is 11.1. The number of amides is 2. The Balaban J connectivity index is 2.28. The lowest BCUT2D eigenvalue weighted by Gasteiger charge is -2.09. The number of rotatable bonds is 3. The van der Waals surface area contributed by atoms with Crippen molar-refractivity contribution in [3.05, 3.63) is 12.7 Å². The van der Waals surface area contributed by atoms with Crippen LogP contribution < -0.4 is 5.32 Å². The highest BCUT2D eigenvalue weighted by Crippen LogP contribution is 2.14. The highest BCUT2D eigenvalue weighted by molar-refractivity contribution is 5.87. The van der Waals surface area contributed by atoms with Crippen LogP contribution in [0.5, 0.6) is 0 Å². The topological polar surface area (TPSA) is 49.4 Å². The lowest BCUT2D eigenvalue weighted by atomic mass is 10.1. The summed E-state index contributed by atoms with van der Waals surface area (Å²) in [4.78, 5) is 23.6. The van der Waals surface area contributed by atoms with Crippen molar-refractivity contribution < 1.29 is 9.59 Å². The van der Waals surface area contributed by atoms with E-state index in [-0.39, 0.29) is 17.7 Å². The lowest BCUT2D eigenvalue weighted by molar-refractivity contribution is -0.126. The van der Waals surface area contributed by atoms with E-state index in [0.717, 1.165) is 6.54 Å². The van der Waals surface area contributed by atoms with Gasteiger partial charge >= 0.3 is 0 Å². The van der Waals surface area contributed by atoms with Gasteiger partial charge in [-0.2, -0.15) is 0 Å². The van der Waals surface area contributed by atoms with Crippen LogP contribution in [0.3, 0.4) is 0 Å². The molecule has 0 aliphatic carbocycles. The molecule has 1 atom stereocenters. The fourth-order valence-corrected chi connectivity index (χ4v) is 1.41. The molecule has 1 aliphatic rings. The summed E-state index contributed by atoms with van der Waals surface area (Å²) in [6.07, 6.45) is 1.77. The van der Waals surface area contributed by atoms with E-state index in [1.165, 1.54) is 6.08 Å². The average Bonchev–Trinajstić information content (AvgIpc) is 2.42. The molecule has 1 fully saturated rings. The molecule has 72 valence electrons. The number of carbonyl (C=O) groups excluding carboxylic acids is 2. The normalized spacial score (nSPS) is 21.8. The molecule has 0 saturated carbocycles. The maximum Gasteiger partial charge on any atom is 0.243 e. The Morgan fingerprint density at radius 1 is 1.85 bits per heavy atom. The second-order valence-electron chi connectivity index (χ2n) is 3.29. The standard InChI is InChI=1S/C9H14N2O2/c1-3-8(12)10-5-7-4-9(13)11(2)6-7/h3,7H,1,4-6H2,2H3,(H,10,12). The van der Waals surface area contributed by atoms with Crippen molar-refractivity contribution in [3.8, 4) is 0 Å². The molecule has 0 radical (unpaired) electrons. The van der Waals surface area contributed by atoms with Gasteiger partial charge in [-0.1, -0.05) is 6.58 Å². The molecule has 0 spiro atoms. The van der Waals surface area contributed by atoms with E-state index in [1.807, 2.05) is 0 Å². The van der Waals surface area contributed by atoms with Gasteiger partial charge in [-0.05, 0) is 6.08 Å². The summed E-state index contributed by atoms with van der Waals surface area (Å²) in [5, 5.41) is 2.68. The van der Waals surface area contributed by atoms with Crippen molar-refractivity contribution in [1.82, 2.24) is 10.2 Å². The van der Waals surface area contributed by atoms with Crippen LogP contribution in [0, 0.1) is 5.92 Å². The van der Waals surface area contributed by atoms with Crippen LogP contribution in [0.25, 0.3) is 0 Å². The van der Waals surface area contributed by atoms with E-state index in [0.29, 0.717) is 13.0 Å². The number of likely N-dealkylation sites (tertiary alicyclic amines) is 1. The van der Waals surface area contributed by atoms with Crippen LogP contribution in [0.4, 0.5) is 0 Å². The quantitative estimate of drug-likeness (QED) is 0.613. The Kier molecular flexibility index (Phi) is 3.06. The molecule has 1 rings (SSSR count). The molecular formula is C9H14N2O2. The first-order chi connectivity index (χ1) is 6.13. The van der Waals surface area contributed by atoms with Crippen LogP contribution in [0.15, 0.2) is 12.7 Å². The molecular weight excluding hydrogens is 168 g/mol. The van der Waals surface area contributed by atoms with Crippen molar-refractivity contribution in [3.63, 3.8) is 0 Å². The van der Waals surface area contributed by atoms with Gasteiger partial charge < -0.3 is 10.2 Å². The Morgan fingerprint density at radius 2 is 2.54 bits per heavy atom. The number of nitrogens with one attached hydrogen (secondary N) is 1. The predicted molar refractivity (Wildman–Crippen MR) is 49.0 cm³/mol. The van der Waals surface area contributed by atoms with Crippen LogP contribution in [-0.4, -0.2) is 36.9 Å². The third kappa shape index (κ3) is 2.57. The van der Waals surface area contributed by atoms with Gasteiger partial charge in [-0.25, -0.2) is 0 Å². The smallest absolute Gasteiger partial charge is 0.243 e. The molecule has 4 heteroatoms. The molecule has 4 nitrogen and oxygen atoms in total. The van der Waals surface area contributed by atoms with Crippen molar-refractivity contribution in [2.75, 3.05) is 20.1 Å². The second kappa shape index (κ2) is 4.07.